The summed E-state index contributed by atoms with van der Waals surface area (Å²) in [4.78, 5) is 25.5. The molecule has 1 aliphatic rings. The molecule has 0 bridgehead atoms. The van der Waals surface area contributed by atoms with Gasteiger partial charge in [-0.1, -0.05) is 6.07 Å². The van der Waals surface area contributed by atoms with Crippen molar-refractivity contribution < 1.29 is 14.3 Å². The van der Waals surface area contributed by atoms with Gasteiger partial charge in [0.25, 0.3) is 0 Å². The van der Waals surface area contributed by atoms with Gasteiger partial charge in [0.15, 0.2) is 0 Å². The molecule has 0 spiro atoms. The predicted molar refractivity (Wildman–Crippen MR) is 76.2 cm³/mol. The largest absolute Gasteiger partial charge is 0.464 e. The lowest BCUT2D eigenvalue weighted by Crippen LogP contribution is -2.43. The maximum Gasteiger partial charge on any atom is 0.328 e. The third-order valence-corrected chi connectivity index (χ3v) is 3.21. The van der Waals surface area contributed by atoms with E-state index >= 15 is 0 Å². The van der Waals surface area contributed by atoms with Crippen molar-refractivity contribution in [3.05, 3.63) is 24.3 Å². The summed E-state index contributed by atoms with van der Waals surface area (Å²) in [6.45, 7) is 2.63. The normalized spacial score (nSPS) is 17.9. The first-order valence-electron chi connectivity index (χ1n) is 6.71. The number of nitrogens with zero attached hydrogens (tertiary/aromatic N) is 1. The van der Waals surface area contributed by atoms with Gasteiger partial charge in [0, 0.05) is 17.9 Å². The van der Waals surface area contributed by atoms with E-state index < -0.39 is 6.04 Å². The number of urea groups is 1. The van der Waals surface area contributed by atoms with Gasteiger partial charge in [0.2, 0.25) is 0 Å². The molecule has 20 heavy (non-hydrogen) atoms. The fourth-order valence-electron chi connectivity index (χ4n) is 2.30. The zero-order valence-electron chi connectivity index (χ0n) is 11.5. The number of likely N-dealkylation sites (tertiary alicyclic amines) is 1. The molecule has 0 aromatic heterocycles. The number of carbonyl (C=O) groups is 2. The van der Waals surface area contributed by atoms with Crippen molar-refractivity contribution in [2.45, 2.75) is 25.8 Å². The lowest BCUT2D eigenvalue weighted by molar-refractivity contribution is -0.147. The molecule has 2 rings (SSSR count). The summed E-state index contributed by atoms with van der Waals surface area (Å²) in [5, 5.41) is 2.75. The van der Waals surface area contributed by atoms with Crippen molar-refractivity contribution in [1.82, 2.24) is 4.90 Å². The molecule has 108 valence electrons. The molecule has 6 heteroatoms. The van der Waals surface area contributed by atoms with Crippen LogP contribution >= 0.6 is 0 Å². The van der Waals surface area contributed by atoms with Crippen LogP contribution in [-0.2, 0) is 9.53 Å². The molecule has 1 aromatic rings. The minimum atomic E-state index is -0.490. The van der Waals surface area contributed by atoms with Crippen LogP contribution in [0.15, 0.2) is 24.3 Å². The topological polar surface area (TPSA) is 84.7 Å². The molecule has 1 unspecified atom stereocenters. The lowest BCUT2D eigenvalue weighted by Gasteiger charge is -2.23. The highest BCUT2D eigenvalue weighted by Crippen LogP contribution is 2.20. The number of amides is 2. The number of hydrogen-bond donors (Lipinski definition) is 2. The van der Waals surface area contributed by atoms with Gasteiger partial charge in [-0.25, -0.2) is 9.59 Å². The monoisotopic (exact) mass is 277 g/mol. The zero-order chi connectivity index (χ0) is 14.5. The van der Waals surface area contributed by atoms with Gasteiger partial charge in [-0.15, -0.1) is 0 Å². The van der Waals surface area contributed by atoms with Gasteiger partial charge in [-0.2, -0.15) is 0 Å². The van der Waals surface area contributed by atoms with Crippen LogP contribution in [0.3, 0.4) is 0 Å². The number of rotatable bonds is 3. The molecule has 6 nitrogen and oxygen atoms in total. The van der Waals surface area contributed by atoms with Gasteiger partial charge in [-0.3, -0.25) is 0 Å². The number of hydrogen-bond acceptors (Lipinski definition) is 4. The highest BCUT2D eigenvalue weighted by molar-refractivity contribution is 5.93. The molecule has 3 N–H and O–H groups in total. The number of benzene rings is 1. The molecule has 0 radical (unpaired) electrons. The number of esters is 1. The molecule has 1 aliphatic heterocycles. The summed E-state index contributed by atoms with van der Waals surface area (Å²) in [6.07, 6.45) is 1.44. The summed E-state index contributed by atoms with van der Waals surface area (Å²) >= 11 is 0. The van der Waals surface area contributed by atoms with Crippen LogP contribution in [0.2, 0.25) is 0 Å². The predicted octanol–water partition coefficient (Wildman–Crippen LogP) is 1.83. The van der Waals surface area contributed by atoms with Crippen molar-refractivity contribution in [3.8, 4) is 0 Å². The third-order valence-electron chi connectivity index (χ3n) is 3.21. The summed E-state index contributed by atoms with van der Waals surface area (Å²) in [6, 6.07) is 6.14. The van der Waals surface area contributed by atoms with Crippen molar-refractivity contribution in [2.75, 3.05) is 24.2 Å². The Kier molecular flexibility index (Phi) is 4.45. The van der Waals surface area contributed by atoms with E-state index in [1.807, 2.05) is 0 Å². The van der Waals surface area contributed by atoms with Crippen LogP contribution in [0, 0.1) is 0 Å². The molecule has 0 saturated carbocycles. The standard InChI is InChI=1S/C14H19N3O3/c1-2-20-13(18)12-7-4-8-17(12)14(19)16-11-6-3-5-10(15)9-11/h3,5-6,9,12H,2,4,7-8,15H2,1H3,(H,16,19). The maximum atomic E-state index is 12.2. The lowest BCUT2D eigenvalue weighted by atomic mass is 10.2. The Labute approximate surface area is 117 Å². The average Bonchev–Trinajstić information content (AvgIpc) is 2.88. The van der Waals surface area contributed by atoms with E-state index in [1.165, 1.54) is 4.90 Å². The Morgan fingerprint density at radius 1 is 1.50 bits per heavy atom. The number of carbonyl (C=O) groups excluding carboxylic acids is 2. The first kappa shape index (κ1) is 14.2. The first-order chi connectivity index (χ1) is 9.61. The molecule has 1 aromatic carbocycles. The second-order valence-electron chi connectivity index (χ2n) is 4.66. The number of ether oxygens (including phenoxy) is 1. The van der Waals surface area contributed by atoms with Crippen LogP contribution in [-0.4, -0.2) is 36.1 Å². The smallest absolute Gasteiger partial charge is 0.328 e. The number of nitrogen functional groups attached to an aromatic ring is 1. The van der Waals surface area contributed by atoms with Crippen LogP contribution in [0.1, 0.15) is 19.8 Å². The van der Waals surface area contributed by atoms with Crippen molar-refractivity contribution in [1.29, 1.82) is 0 Å². The van der Waals surface area contributed by atoms with E-state index in [-0.39, 0.29) is 12.0 Å². The van der Waals surface area contributed by atoms with E-state index in [0.29, 0.717) is 30.9 Å². The van der Waals surface area contributed by atoms with Gasteiger partial charge in [0.1, 0.15) is 6.04 Å². The molecular weight excluding hydrogens is 258 g/mol. The number of anilines is 2. The van der Waals surface area contributed by atoms with Crippen molar-refractivity contribution in [2.24, 2.45) is 0 Å². The summed E-state index contributed by atoms with van der Waals surface area (Å²) in [5.41, 5.74) is 6.85. The van der Waals surface area contributed by atoms with E-state index in [9.17, 15) is 9.59 Å². The SMILES string of the molecule is CCOC(=O)C1CCCN1C(=O)Nc1cccc(N)c1. The average molecular weight is 277 g/mol. The second kappa shape index (κ2) is 6.27. The van der Waals surface area contributed by atoms with Crippen LogP contribution in [0.4, 0.5) is 16.2 Å². The molecular formula is C14H19N3O3. The van der Waals surface area contributed by atoms with Crippen molar-refractivity contribution >= 4 is 23.4 Å². The summed E-state index contributed by atoms with van der Waals surface area (Å²) < 4.78 is 4.99. The van der Waals surface area contributed by atoms with Crippen LogP contribution < -0.4 is 11.1 Å². The van der Waals surface area contributed by atoms with Crippen LogP contribution in [0.25, 0.3) is 0 Å². The second-order valence-corrected chi connectivity index (χ2v) is 4.66. The Bertz CT molecular complexity index is 504. The molecule has 1 fully saturated rings. The Morgan fingerprint density at radius 2 is 2.30 bits per heavy atom. The number of nitrogens with two attached hydrogens (primary N) is 1. The molecule has 1 heterocycles. The summed E-state index contributed by atoms with van der Waals surface area (Å²) in [7, 11) is 0. The van der Waals surface area contributed by atoms with E-state index in [0.717, 1.165) is 6.42 Å². The zero-order valence-corrected chi connectivity index (χ0v) is 11.5. The highest BCUT2D eigenvalue weighted by atomic mass is 16.5. The quantitative estimate of drug-likeness (QED) is 0.652. The number of nitrogens with one attached hydrogen (secondary N) is 1. The van der Waals surface area contributed by atoms with Gasteiger partial charge < -0.3 is 20.7 Å². The van der Waals surface area contributed by atoms with E-state index in [1.54, 1.807) is 31.2 Å². The van der Waals surface area contributed by atoms with E-state index in [2.05, 4.69) is 5.32 Å². The van der Waals surface area contributed by atoms with Crippen LogP contribution in [0.5, 0.6) is 0 Å². The minimum Gasteiger partial charge on any atom is -0.464 e. The fraction of sp³-hybridized carbons (Fsp3) is 0.429. The molecule has 2 amide bonds. The Hall–Kier alpha value is -2.24. The highest BCUT2D eigenvalue weighted by Gasteiger charge is 2.35. The fourth-order valence-corrected chi connectivity index (χ4v) is 2.30. The van der Waals surface area contributed by atoms with Gasteiger partial charge >= 0.3 is 12.0 Å². The van der Waals surface area contributed by atoms with Crippen molar-refractivity contribution in [3.63, 3.8) is 0 Å². The maximum absolute atomic E-state index is 12.2. The first-order valence-corrected chi connectivity index (χ1v) is 6.71. The van der Waals surface area contributed by atoms with Gasteiger partial charge in [-0.05, 0) is 38.0 Å². The molecule has 0 aliphatic carbocycles. The van der Waals surface area contributed by atoms with E-state index in [4.69, 9.17) is 10.5 Å². The van der Waals surface area contributed by atoms with Gasteiger partial charge in [0.05, 0.1) is 6.61 Å². The summed E-state index contributed by atoms with van der Waals surface area (Å²) in [5.74, 6) is -0.340. The Balaban J connectivity index is 2.02. The third kappa shape index (κ3) is 3.20. The Morgan fingerprint density at radius 3 is 3.00 bits per heavy atom. The molecule has 1 atom stereocenters. The minimum absolute atomic E-state index is 0.300. The molecule has 1 saturated heterocycles.